The van der Waals surface area contributed by atoms with Crippen LogP contribution in [-0.2, 0) is 6.54 Å². The Balaban J connectivity index is 2.40. The summed E-state index contributed by atoms with van der Waals surface area (Å²) in [7, 11) is 2.14. The molecular formula is C11H16Br2N2. The lowest BCUT2D eigenvalue weighted by Crippen LogP contribution is -2.20. The monoisotopic (exact) mass is 334 g/mol. The van der Waals surface area contributed by atoms with Crippen molar-refractivity contribution in [3.05, 3.63) is 28.5 Å². The minimum atomic E-state index is 0.584. The van der Waals surface area contributed by atoms with E-state index in [0.29, 0.717) is 4.83 Å². The van der Waals surface area contributed by atoms with Gasteiger partial charge in [-0.1, -0.05) is 22.9 Å². The third-order valence-corrected chi connectivity index (χ3v) is 3.01. The summed E-state index contributed by atoms with van der Waals surface area (Å²) in [5.74, 6) is 0. The van der Waals surface area contributed by atoms with E-state index in [-0.39, 0.29) is 0 Å². The normalized spacial score (nSPS) is 13.1. The fourth-order valence-corrected chi connectivity index (χ4v) is 1.95. The highest BCUT2D eigenvalue weighted by molar-refractivity contribution is 9.10. The van der Waals surface area contributed by atoms with Gasteiger partial charge >= 0.3 is 0 Å². The van der Waals surface area contributed by atoms with Crippen molar-refractivity contribution in [1.82, 2.24) is 9.88 Å². The minimum absolute atomic E-state index is 0.584. The van der Waals surface area contributed by atoms with Gasteiger partial charge in [-0.3, -0.25) is 4.98 Å². The molecule has 0 aliphatic carbocycles. The van der Waals surface area contributed by atoms with Crippen molar-refractivity contribution < 1.29 is 0 Å². The lowest BCUT2D eigenvalue weighted by molar-refractivity contribution is 0.322. The van der Waals surface area contributed by atoms with Crippen LogP contribution >= 0.6 is 31.9 Å². The molecule has 0 aromatic carbocycles. The highest BCUT2D eigenvalue weighted by Crippen LogP contribution is 2.12. The van der Waals surface area contributed by atoms with Gasteiger partial charge in [0.2, 0.25) is 0 Å². The lowest BCUT2D eigenvalue weighted by Gasteiger charge is -2.17. The maximum Gasteiger partial charge on any atom is 0.0410 e. The smallest absolute Gasteiger partial charge is 0.0410 e. The van der Waals surface area contributed by atoms with Gasteiger partial charge in [-0.25, -0.2) is 0 Å². The number of hydrogen-bond donors (Lipinski definition) is 0. The van der Waals surface area contributed by atoms with Crippen LogP contribution in [0.15, 0.2) is 22.9 Å². The summed E-state index contributed by atoms with van der Waals surface area (Å²) < 4.78 is 1.04. The Bertz CT molecular complexity index is 302. The van der Waals surface area contributed by atoms with Crippen LogP contribution in [0.4, 0.5) is 0 Å². The molecule has 0 bridgehead atoms. The predicted octanol–water partition coefficient (Wildman–Crippen LogP) is 3.45. The summed E-state index contributed by atoms with van der Waals surface area (Å²) in [5.41, 5.74) is 1.24. The van der Waals surface area contributed by atoms with E-state index < -0.39 is 0 Å². The lowest BCUT2D eigenvalue weighted by atomic mass is 10.2. The molecule has 0 N–H and O–H groups in total. The van der Waals surface area contributed by atoms with Crippen LogP contribution in [-0.4, -0.2) is 28.3 Å². The van der Waals surface area contributed by atoms with Crippen molar-refractivity contribution in [1.29, 1.82) is 0 Å². The summed E-state index contributed by atoms with van der Waals surface area (Å²) in [6.45, 7) is 4.22. The Labute approximate surface area is 108 Å². The van der Waals surface area contributed by atoms with Crippen LogP contribution in [0.3, 0.4) is 0 Å². The van der Waals surface area contributed by atoms with E-state index in [9.17, 15) is 0 Å². The number of aromatic nitrogens is 1. The molecule has 0 aliphatic rings. The number of pyridine rings is 1. The molecule has 1 rings (SSSR count). The largest absolute Gasteiger partial charge is 0.302 e. The highest BCUT2D eigenvalue weighted by Gasteiger charge is 2.03. The van der Waals surface area contributed by atoms with Gasteiger partial charge in [-0.05, 0) is 47.6 Å². The van der Waals surface area contributed by atoms with E-state index in [0.717, 1.165) is 24.0 Å². The highest BCUT2D eigenvalue weighted by atomic mass is 79.9. The van der Waals surface area contributed by atoms with Crippen molar-refractivity contribution in [2.75, 3.05) is 13.6 Å². The molecule has 15 heavy (non-hydrogen) atoms. The number of alkyl halides is 1. The molecule has 0 amide bonds. The third-order valence-electron chi connectivity index (χ3n) is 2.12. The maximum atomic E-state index is 4.15. The molecule has 0 fully saturated rings. The van der Waals surface area contributed by atoms with E-state index in [1.165, 1.54) is 5.56 Å². The zero-order valence-electron chi connectivity index (χ0n) is 9.08. The van der Waals surface area contributed by atoms with E-state index in [1.54, 1.807) is 0 Å². The van der Waals surface area contributed by atoms with Crippen molar-refractivity contribution >= 4 is 31.9 Å². The topological polar surface area (TPSA) is 16.1 Å². The van der Waals surface area contributed by atoms with Gasteiger partial charge in [0.15, 0.2) is 0 Å². The van der Waals surface area contributed by atoms with Crippen LogP contribution in [0.2, 0.25) is 0 Å². The van der Waals surface area contributed by atoms with Crippen LogP contribution in [0.5, 0.6) is 0 Å². The van der Waals surface area contributed by atoms with Crippen LogP contribution < -0.4 is 0 Å². The Hall–Kier alpha value is 0.0700. The summed E-state index contributed by atoms with van der Waals surface area (Å²) >= 11 is 6.98. The third kappa shape index (κ3) is 5.64. The molecule has 1 heterocycles. The second kappa shape index (κ2) is 6.61. The first-order chi connectivity index (χ1) is 7.08. The number of nitrogens with zero attached hydrogens (tertiary/aromatic N) is 2. The second-order valence-electron chi connectivity index (χ2n) is 3.82. The summed E-state index contributed by atoms with van der Waals surface area (Å²) in [6, 6.07) is 2.11. The molecule has 0 radical (unpaired) electrons. The SMILES string of the molecule is CC(Br)CCN(C)Cc1cncc(Br)c1. The Morgan fingerprint density at radius 1 is 1.47 bits per heavy atom. The molecule has 0 saturated carbocycles. The first-order valence-corrected chi connectivity index (χ1v) is 6.71. The Morgan fingerprint density at radius 3 is 2.80 bits per heavy atom. The van der Waals surface area contributed by atoms with E-state index >= 15 is 0 Å². The first kappa shape index (κ1) is 13.1. The molecule has 1 aromatic rings. The van der Waals surface area contributed by atoms with E-state index in [2.05, 4.69) is 61.8 Å². The van der Waals surface area contributed by atoms with Crippen LogP contribution in [0, 0.1) is 0 Å². The quantitative estimate of drug-likeness (QED) is 0.766. The van der Waals surface area contributed by atoms with Crippen molar-refractivity contribution in [2.24, 2.45) is 0 Å². The van der Waals surface area contributed by atoms with Crippen LogP contribution in [0.25, 0.3) is 0 Å². The van der Waals surface area contributed by atoms with Gasteiger partial charge in [-0.15, -0.1) is 0 Å². The molecule has 1 unspecified atom stereocenters. The standard InChI is InChI=1S/C11H16Br2N2/c1-9(12)3-4-15(2)8-10-5-11(13)7-14-6-10/h5-7,9H,3-4,8H2,1-2H3. The first-order valence-electron chi connectivity index (χ1n) is 5.00. The molecule has 1 aromatic heterocycles. The number of halogens is 2. The van der Waals surface area contributed by atoms with Gasteiger partial charge in [0, 0.05) is 28.2 Å². The van der Waals surface area contributed by atoms with Crippen LogP contribution in [0.1, 0.15) is 18.9 Å². The van der Waals surface area contributed by atoms with E-state index in [1.807, 2.05) is 12.4 Å². The van der Waals surface area contributed by atoms with Crippen molar-refractivity contribution in [2.45, 2.75) is 24.7 Å². The number of rotatable bonds is 5. The average Bonchev–Trinajstić information content (AvgIpc) is 2.15. The minimum Gasteiger partial charge on any atom is -0.302 e. The van der Waals surface area contributed by atoms with Gasteiger partial charge in [0.1, 0.15) is 0 Å². The molecule has 2 nitrogen and oxygen atoms in total. The fraction of sp³-hybridized carbons (Fsp3) is 0.545. The fourth-order valence-electron chi connectivity index (χ4n) is 1.33. The summed E-state index contributed by atoms with van der Waals surface area (Å²) in [5, 5.41) is 0. The van der Waals surface area contributed by atoms with E-state index in [4.69, 9.17) is 0 Å². The zero-order valence-corrected chi connectivity index (χ0v) is 12.3. The molecule has 4 heteroatoms. The predicted molar refractivity (Wildman–Crippen MR) is 71.3 cm³/mol. The molecule has 0 saturated heterocycles. The Kier molecular flexibility index (Phi) is 5.79. The molecule has 0 aliphatic heterocycles. The maximum absolute atomic E-state index is 4.15. The Morgan fingerprint density at radius 2 is 2.20 bits per heavy atom. The average molecular weight is 336 g/mol. The molecule has 84 valence electrons. The summed E-state index contributed by atoms with van der Waals surface area (Å²) in [4.78, 5) is 7.04. The molecule has 1 atom stereocenters. The van der Waals surface area contributed by atoms with Gasteiger partial charge < -0.3 is 4.90 Å². The van der Waals surface area contributed by atoms with Gasteiger partial charge in [-0.2, -0.15) is 0 Å². The molecule has 0 spiro atoms. The van der Waals surface area contributed by atoms with Crippen molar-refractivity contribution in [3.63, 3.8) is 0 Å². The van der Waals surface area contributed by atoms with Gasteiger partial charge in [0.05, 0.1) is 0 Å². The summed E-state index contributed by atoms with van der Waals surface area (Å²) in [6.07, 6.45) is 4.89. The van der Waals surface area contributed by atoms with Crippen molar-refractivity contribution in [3.8, 4) is 0 Å². The zero-order chi connectivity index (χ0) is 11.3. The molecular weight excluding hydrogens is 320 g/mol. The second-order valence-corrected chi connectivity index (χ2v) is 6.30. The number of hydrogen-bond acceptors (Lipinski definition) is 2. The van der Waals surface area contributed by atoms with Gasteiger partial charge in [0.25, 0.3) is 0 Å².